The Morgan fingerprint density at radius 1 is 0.949 bits per heavy atom. The van der Waals surface area contributed by atoms with Gasteiger partial charge in [0, 0.05) is 54.1 Å². The van der Waals surface area contributed by atoms with Gasteiger partial charge in [0.15, 0.2) is 0 Å². The lowest BCUT2D eigenvalue weighted by Gasteiger charge is -2.29. The SMILES string of the molecule is Cc1nc(N[C@@H](C)c2cccc(-c3cnc(N4CCC(O)CC4)nc3)c2)cc(-c2ccc3occ(C)c3c2)n1. The van der Waals surface area contributed by atoms with Crippen LogP contribution in [-0.4, -0.2) is 44.2 Å². The van der Waals surface area contributed by atoms with Crippen molar-refractivity contribution in [2.75, 3.05) is 23.3 Å². The van der Waals surface area contributed by atoms with Crippen LogP contribution in [0.2, 0.25) is 0 Å². The summed E-state index contributed by atoms with van der Waals surface area (Å²) in [5, 5.41) is 14.4. The Hall–Kier alpha value is -4.30. The summed E-state index contributed by atoms with van der Waals surface area (Å²) in [6.07, 6.45) is 6.83. The van der Waals surface area contributed by atoms with Gasteiger partial charge in [-0.2, -0.15) is 0 Å². The number of aryl methyl sites for hydroxylation is 2. The van der Waals surface area contributed by atoms with Crippen LogP contribution in [0.4, 0.5) is 11.8 Å². The van der Waals surface area contributed by atoms with E-state index in [4.69, 9.17) is 9.40 Å². The first-order chi connectivity index (χ1) is 18.9. The van der Waals surface area contributed by atoms with Gasteiger partial charge in [0.25, 0.3) is 0 Å². The van der Waals surface area contributed by atoms with E-state index in [9.17, 15) is 5.11 Å². The number of fused-ring (bicyclic) bond motifs is 1. The van der Waals surface area contributed by atoms with Crippen LogP contribution in [0.25, 0.3) is 33.4 Å². The molecule has 6 rings (SSSR count). The number of piperidine rings is 1. The molecule has 2 N–H and O–H groups in total. The van der Waals surface area contributed by atoms with Gasteiger partial charge in [-0.05, 0) is 74.6 Å². The molecule has 198 valence electrons. The number of nitrogens with zero attached hydrogens (tertiary/aromatic N) is 5. The molecule has 1 saturated heterocycles. The Balaban J connectivity index is 1.20. The van der Waals surface area contributed by atoms with E-state index in [0.717, 1.165) is 76.2 Å². The topological polar surface area (TPSA) is 100 Å². The van der Waals surface area contributed by atoms with Gasteiger partial charge in [-0.15, -0.1) is 0 Å². The third kappa shape index (κ3) is 5.33. The van der Waals surface area contributed by atoms with Crippen molar-refractivity contribution >= 4 is 22.7 Å². The normalized spacial score (nSPS) is 15.0. The number of hydrogen-bond donors (Lipinski definition) is 2. The largest absolute Gasteiger partial charge is 0.464 e. The predicted octanol–water partition coefficient (Wildman–Crippen LogP) is 6.10. The standard InChI is InChI=1S/C31H32N6O2/c1-19-18-39-29-8-7-24(14-27(19)29)28-15-30(36-21(3)35-28)34-20(2)22-5-4-6-23(13-22)25-16-32-31(33-17-25)37-11-9-26(38)10-12-37/h4-8,13-18,20,26,38H,9-12H2,1-3H3,(H,34,35,36)/t20-/m0/s1. The van der Waals surface area contributed by atoms with Crippen molar-refractivity contribution in [1.29, 1.82) is 0 Å². The number of nitrogens with one attached hydrogen (secondary N) is 1. The molecule has 0 radical (unpaired) electrons. The molecule has 1 aliphatic heterocycles. The molecular weight excluding hydrogens is 488 g/mol. The summed E-state index contributed by atoms with van der Waals surface area (Å²) in [7, 11) is 0. The number of anilines is 2. The number of aliphatic hydroxyl groups excluding tert-OH is 1. The first-order valence-corrected chi connectivity index (χ1v) is 13.4. The minimum atomic E-state index is -0.215. The van der Waals surface area contributed by atoms with Crippen LogP contribution in [0.1, 0.15) is 42.8 Å². The molecule has 1 aliphatic rings. The van der Waals surface area contributed by atoms with Crippen LogP contribution in [0.3, 0.4) is 0 Å². The minimum absolute atomic E-state index is 0.0191. The van der Waals surface area contributed by atoms with Crippen molar-refractivity contribution in [3.05, 3.63) is 84.1 Å². The summed E-state index contributed by atoms with van der Waals surface area (Å²) in [5.41, 5.74) is 7.04. The maximum atomic E-state index is 9.76. The first kappa shape index (κ1) is 25.0. The van der Waals surface area contributed by atoms with E-state index < -0.39 is 0 Å². The Kier molecular flexibility index (Phi) is 6.70. The molecule has 5 aromatic rings. The second-order valence-electron chi connectivity index (χ2n) is 10.3. The van der Waals surface area contributed by atoms with Gasteiger partial charge in [-0.25, -0.2) is 19.9 Å². The van der Waals surface area contributed by atoms with Gasteiger partial charge < -0.3 is 19.7 Å². The first-order valence-electron chi connectivity index (χ1n) is 13.4. The lowest BCUT2D eigenvalue weighted by atomic mass is 10.0. The third-order valence-electron chi connectivity index (χ3n) is 7.37. The molecule has 0 saturated carbocycles. The van der Waals surface area contributed by atoms with Crippen molar-refractivity contribution in [2.45, 2.75) is 45.8 Å². The molecule has 0 aliphatic carbocycles. The van der Waals surface area contributed by atoms with E-state index >= 15 is 0 Å². The van der Waals surface area contributed by atoms with Crippen molar-refractivity contribution in [3.63, 3.8) is 0 Å². The monoisotopic (exact) mass is 520 g/mol. The molecule has 0 amide bonds. The van der Waals surface area contributed by atoms with Gasteiger partial charge in [0.05, 0.1) is 18.1 Å². The molecule has 4 heterocycles. The smallest absolute Gasteiger partial charge is 0.225 e. The zero-order valence-electron chi connectivity index (χ0n) is 22.4. The molecule has 3 aromatic heterocycles. The highest BCUT2D eigenvalue weighted by Gasteiger charge is 2.19. The molecule has 0 bridgehead atoms. The van der Waals surface area contributed by atoms with Crippen molar-refractivity contribution in [3.8, 4) is 22.4 Å². The molecule has 39 heavy (non-hydrogen) atoms. The quantitative estimate of drug-likeness (QED) is 0.277. The van der Waals surface area contributed by atoms with E-state index in [-0.39, 0.29) is 12.1 Å². The molecule has 2 aromatic carbocycles. The Labute approximate surface area is 227 Å². The van der Waals surface area contributed by atoms with Crippen LogP contribution in [0.5, 0.6) is 0 Å². The van der Waals surface area contributed by atoms with E-state index in [1.54, 1.807) is 6.26 Å². The average molecular weight is 521 g/mol. The maximum Gasteiger partial charge on any atom is 0.225 e. The molecule has 0 unspecified atom stereocenters. The number of hydrogen-bond acceptors (Lipinski definition) is 8. The number of furan rings is 1. The fraction of sp³-hybridized carbons (Fsp3) is 0.290. The summed E-state index contributed by atoms with van der Waals surface area (Å²) in [5.74, 6) is 2.20. The summed E-state index contributed by atoms with van der Waals surface area (Å²) in [6, 6.07) is 16.6. The number of benzene rings is 2. The fourth-order valence-electron chi connectivity index (χ4n) is 5.10. The summed E-state index contributed by atoms with van der Waals surface area (Å²) in [4.78, 5) is 20.7. The lowest BCUT2D eigenvalue weighted by Crippen LogP contribution is -2.36. The van der Waals surface area contributed by atoms with E-state index in [1.807, 2.05) is 44.4 Å². The second-order valence-corrected chi connectivity index (χ2v) is 10.3. The zero-order chi connectivity index (χ0) is 26.9. The fourth-order valence-corrected chi connectivity index (χ4v) is 5.10. The lowest BCUT2D eigenvalue weighted by molar-refractivity contribution is 0.145. The second kappa shape index (κ2) is 10.5. The summed E-state index contributed by atoms with van der Waals surface area (Å²) < 4.78 is 5.60. The average Bonchev–Trinajstić information content (AvgIpc) is 3.33. The molecule has 1 fully saturated rings. The van der Waals surface area contributed by atoms with E-state index in [2.05, 4.69) is 62.4 Å². The Morgan fingerprint density at radius 2 is 1.74 bits per heavy atom. The Morgan fingerprint density at radius 3 is 2.54 bits per heavy atom. The maximum absolute atomic E-state index is 9.76. The van der Waals surface area contributed by atoms with Crippen molar-refractivity contribution < 1.29 is 9.52 Å². The Bertz CT molecular complexity index is 1610. The minimum Gasteiger partial charge on any atom is -0.464 e. The summed E-state index contributed by atoms with van der Waals surface area (Å²) >= 11 is 0. The van der Waals surface area contributed by atoms with Crippen LogP contribution < -0.4 is 10.2 Å². The zero-order valence-corrected chi connectivity index (χ0v) is 22.4. The molecule has 8 nitrogen and oxygen atoms in total. The highest BCUT2D eigenvalue weighted by Crippen LogP contribution is 2.29. The van der Waals surface area contributed by atoms with Gasteiger partial charge >= 0.3 is 0 Å². The van der Waals surface area contributed by atoms with E-state index in [0.29, 0.717) is 11.8 Å². The van der Waals surface area contributed by atoms with E-state index in [1.165, 1.54) is 0 Å². The highest BCUT2D eigenvalue weighted by atomic mass is 16.3. The van der Waals surface area contributed by atoms with Crippen LogP contribution in [-0.2, 0) is 0 Å². The van der Waals surface area contributed by atoms with Crippen LogP contribution in [0, 0.1) is 13.8 Å². The predicted molar refractivity (Wildman–Crippen MR) is 154 cm³/mol. The highest BCUT2D eigenvalue weighted by molar-refractivity contribution is 5.85. The van der Waals surface area contributed by atoms with Crippen molar-refractivity contribution in [1.82, 2.24) is 19.9 Å². The number of rotatable bonds is 6. The van der Waals surface area contributed by atoms with Gasteiger partial charge in [0.2, 0.25) is 5.95 Å². The van der Waals surface area contributed by atoms with Gasteiger partial charge in [0.1, 0.15) is 17.2 Å². The number of aromatic nitrogens is 4. The molecule has 8 heteroatoms. The summed E-state index contributed by atoms with van der Waals surface area (Å²) in [6.45, 7) is 7.64. The molecule has 1 atom stereocenters. The van der Waals surface area contributed by atoms with Gasteiger partial charge in [-0.3, -0.25) is 0 Å². The molecular formula is C31H32N6O2. The number of aliphatic hydroxyl groups is 1. The third-order valence-corrected chi connectivity index (χ3v) is 7.37. The van der Waals surface area contributed by atoms with Crippen LogP contribution >= 0.6 is 0 Å². The van der Waals surface area contributed by atoms with Crippen LogP contribution in [0.15, 0.2) is 71.6 Å². The van der Waals surface area contributed by atoms with Gasteiger partial charge in [-0.1, -0.05) is 18.2 Å². The van der Waals surface area contributed by atoms with Crippen molar-refractivity contribution in [2.24, 2.45) is 0 Å². The molecule has 0 spiro atoms.